The van der Waals surface area contributed by atoms with E-state index in [9.17, 15) is 0 Å². The fraction of sp³-hybridized carbons (Fsp3) is 0.163. The molecule has 0 atom stereocenters. The van der Waals surface area contributed by atoms with Crippen molar-refractivity contribution in [3.63, 3.8) is 0 Å². The smallest absolute Gasteiger partial charge is 0.399 e. The maximum absolute atomic E-state index is 6.46. The van der Waals surface area contributed by atoms with Gasteiger partial charge in [-0.3, -0.25) is 0 Å². The second kappa shape index (κ2) is 13.0. The Kier molecular flexibility index (Phi) is 8.82. The number of benzene rings is 5. The third kappa shape index (κ3) is 6.77. The van der Waals surface area contributed by atoms with E-state index in [1.165, 1.54) is 22.3 Å². The Labute approximate surface area is 274 Å². The molecule has 0 saturated carbocycles. The van der Waals surface area contributed by atoms with Crippen LogP contribution in [-0.2, 0) is 9.31 Å². The van der Waals surface area contributed by atoms with Gasteiger partial charge in [0.05, 0.1) is 11.2 Å². The molecule has 5 aromatic rings. The number of hydrogen-bond donors (Lipinski definition) is 0. The number of rotatable bonds is 8. The van der Waals surface area contributed by atoms with Crippen LogP contribution >= 0.6 is 0 Å². The molecule has 1 fully saturated rings. The van der Waals surface area contributed by atoms with Gasteiger partial charge in [0.15, 0.2) is 0 Å². The van der Waals surface area contributed by atoms with Crippen molar-refractivity contribution in [2.75, 3.05) is 0 Å². The minimum atomic E-state index is -0.446. The van der Waals surface area contributed by atoms with Crippen LogP contribution in [0, 0.1) is 0 Å². The predicted octanol–water partition coefficient (Wildman–Crippen LogP) is 10.7. The van der Waals surface area contributed by atoms with Crippen LogP contribution in [0.4, 0.5) is 0 Å². The first kappa shape index (κ1) is 31.3. The molecule has 228 valence electrons. The topological polar surface area (TPSA) is 18.5 Å². The monoisotopic (exact) mass is 600 g/mol. The molecule has 3 heteroatoms. The summed E-state index contributed by atoms with van der Waals surface area (Å²) in [5.74, 6) is 0. The fourth-order valence-electron chi connectivity index (χ4n) is 5.69. The highest BCUT2D eigenvalue weighted by Crippen LogP contribution is 2.37. The third-order valence-corrected chi connectivity index (χ3v) is 9.25. The molecule has 0 bridgehead atoms. The van der Waals surface area contributed by atoms with Gasteiger partial charge in [0, 0.05) is 0 Å². The van der Waals surface area contributed by atoms with Crippen molar-refractivity contribution in [2.45, 2.75) is 45.8 Å². The molecule has 0 spiro atoms. The Balaban J connectivity index is 1.24. The van der Waals surface area contributed by atoms with Crippen molar-refractivity contribution >= 4 is 23.7 Å². The van der Waals surface area contributed by atoms with Gasteiger partial charge in [-0.1, -0.05) is 140 Å². The highest BCUT2D eigenvalue weighted by atomic mass is 16.7. The van der Waals surface area contributed by atoms with Gasteiger partial charge in [-0.15, -0.1) is 0 Å². The summed E-state index contributed by atoms with van der Waals surface area (Å²) in [6.07, 6.45) is 6.31. The lowest BCUT2D eigenvalue weighted by atomic mass is 9.76. The van der Waals surface area contributed by atoms with E-state index in [4.69, 9.17) is 9.31 Å². The minimum absolute atomic E-state index is 0.414. The Morgan fingerprint density at radius 1 is 0.565 bits per heavy atom. The van der Waals surface area contributed by atoms with E-state index >= 15 is 0 Å². The van der Waals surface area contributed by atoms with Gasteiger partial charge in [-0.25, -0.2) is 0 Å². The second-order valence-corrected chi connectivity index (χ2v) is 13.1. The molecule has 1 aliphatic rings. The van der Waals surface area contributed by atoms with Crippen molar-refractivity contribution in [1.29, 1.82) is 0 Å². The standard InChI is InChI=1S/C43H41BO2/c1-31(33-23-25-36(26-24-33)34-17-9-7-10-18-34)15-13-16-32(2)37-21-14-22-38(27-37)40-28-39(35-19-11-8-12-20-35)29-41(30-40)44-45-42(3,4)43(5,6)46-44/h7-30H,2H2,1,3-6H3/b16-13-,31-15+. The van der Waals surface area contributed by atoms with E-state index in [2.05, 4.69) is 175 Å². The van der Waals surface area contributed by atoms with E-state index in [1.807, 2.05) is 12.1 Å². The average molecular weight is 601 g/mol. The molecule has 0 amide bonds. The van der Waals surface area contributed by atoms with E-state index in [0.29, 0.717) is 0 Å². The van der Waals surface area contributed by atoms with E-state index in [0.717, 1.165) is 38.9 Å². The highest BCUT2D eigenvalue weighted by Gasteiger charge is 2.51. The Hall–Kier alpha value is -4.70. The lowest BCUT2D eigenvalue weighted by Crippen LogP contribution is -2.41. The van der Waals surface area contributed by atoms with Crippen LogP contribution in [0.2, 0.25) is 0 Å². The summed E-state index contributed by atoms with van der Waals surface area (Å²) in [6.45, 7) is 14.9. The Morgan fingerprint density at radius 2 is 1.09 bits per heavy atom. The van der Waals surface area contributed by atoms with Gasteiger partial charge < -0.3 is 9.31 Å². The first-order valence-corrected chi connectivity index (χ1v) is 16.0. The molecule has 0 aliphatic carbocycles. The van der Waals surface area contributed by atoms with Gasteiger partial charge in [-0.05, 0) is 108 Å². The van der Waals surface area contributed by atoms with Crippen LogP contribution in [0.15, 0.2) is 152 Å². The van der Waals surface area contributed by atoms with Gasteiger partial charge in [0.2, 0.25) is 0 Å². The normalized spacial score (nSPS) is 15.8. The van der Waals surface area contributed by atoms with Crippen molar-refractivity contribution in [3.8, 4) is 33.4 Å². The molecule has 1 aliphatic heterocycles. The van der Waals surface area contributed by atoms with Crippen LogP contribution in [0.5, 0.6) is 0 Å². The van der Waals surface area contributed by atoms with E-state index in [1.54, 1.807) is 0 Å². The largest absolute Gasteiger partial charge is 0.494 e. The van der Waals surface area contributed by atoms with Gasteiger partial charge in [0.25, 0.3) is 0 Å². The SMILES string of the molecule is C=C(/C=C\C=C(/C)c1ccc(-c2ccccc2)cc1)c1cccc(-c2cc(B3OC(C)(C)C(C)(C)O3)cc(-c3ccccc3)c2)c1. The lowest BCUT2D eigenvalue weighted by molar-refractivity contribution is 0.00578. The Morgan fingerprint density at radius 3 is 1.70 bits per heavy atom. The molecule has 0 N–H and O–H groups in total. The summed E-state index contributed by atoms with van der Waals surface area (Å²) in [4.78, 5) is 0. The Bertz CT molecular complexity index is 1880. The molecule has 46 heavy (non-hydrogen) atoms. The summed E-state index contributed by atoms with van der Waals surface area (Å²) in [5, 5.41) is 0. The van der Waals surface area contributed by atoms with Crippen molar-refractivity contribution in [3.05, 3.63) is 163 Å². The molecular weight excluding hydrogens is 559 g/mol. The van der Waals surface area contributed by atoms with Crippen LogP contribution in [0.3, 0.4) is 0 Å². The fourth-order valence-corrected chi connectivity index (χ4v) is 5.69. The molecule has 1 saturated heterocycles. The molecule has 0 radical (unpaired) electrons. The van der Waals surface area contributed by atoms with Crippen LogP contribution in [-0.4, -0.2) is 18.3 Å². The maximum atomic E-state index is 6.46. The molecule has 0 unspecified atom stereocenters. The summed E-state index contributed by atoms with van der Waals surface area (Å²) < 4.78 is 12.9. The molecule has 0 aromatic heterocycles. The number of hydrogen-bond acceptors (Lipinski definition) is 2. The van der Waals surface area contributed by atoms with Crippen molar-refractivity contribution in [1.82, 2.24) is 0 Å². The molecule has 2 nitrogen and oxygen atoms in total. The van der Waals surface area contributed by atoms with Crippen molar-refractivity contribution in [2.24, 2.45) is 0 Å². The quantitative estimate of drug-likeness (QED) is 0.130. The average Bonchev–Trinajstić information content (AvgIpc) is 3.31. The maximum Gasteiger partial charge on any atom is 0.494 e. The summed E-state index contributed by atoms with van der Waals surface area (Å²) >= 11 is 0. The summed E-state index contributed by atoms with van der Waals surface area (Å²) in [5.41, 5.74) is 11.6. The molecule has 1 heterocycles. The zero-order valence-corrected chi connectivity index (χ0v) is 27.5. The highest BCUT2D eigenvalue weighted by molar-refractivity contribution is 6.62. The van der Waals surface area contributed by atoms with Gasteiger partial charge >= 0.3 is 7.12 Å². The third-order valence-electron chi connectivity index (χ3n) is 9.25. The van der Waals surface area contributed by atoms with Crippen LogP contribution in [0.1, 0.15) is 45.7 Å². The van der Waals surface area contributed by atoms with E-state index < -0.39 is 18.3 Å². The second-order valence-electron chi connectivity index (χ2n) is 13.1. The molecular formula is C43H41BO2. The van der Waals surface area contributed by atoms with Crippen molar-refractivity contribution < 1.29 is 9.31 Å². The van der Waals surface area contributed by atoms with Crippen LogP contribution in [0.25, 0.3) is 44.5 Å². The molecule has 6 rings (SSSR count). The van der Waals surface area contributed by atoms with Crippen LogP contribution < -0.4 is 5.46 Å². The first-order chi connectivity index (χ1) is 22.1. The minimum Gasteiger partial charge on any atom is -0.399 e. The lowest BCUT2D eigenvalue weighted by Gasteiger charge is -2.32. The zero-order valence-electron chi connectivity index (χ0n) is 27.5. The first-order valence-electron chi connectivity index (χ1n) is 16.0. The molecule has 5 aromatic carbocycles. The summed E-state index contributed by atoms with van der Waals surface area (Å²) in [7, 11) is -0.446. The van der Waals surface area contributed by atoms with E-state index in [-0.39, 0.29) is 0 Å². The summed E-state index contributed by atoms with van der Waals surface area (Å²) in [6, 6.07) is 44.9. The van der Waals surface area contributed by atoms with Gasteiger partial charge in [0.1, 0.15) is 0 Å². The van der Waals surface area contributed by atoms with Gasteiger partial charge in [-0.2, -0.15) is 0 Å². The predicted molar refractivity (Wildman–Crippen MR) is 197 cm³/mol. The number of allylic oxidation sites excluding steroid dienone is 5. The zero-order chi connectivity index (χ0) is 32.3.